The number of fused-ring (bicyclic) bond motifs is 7. The van der Waals surface area contributed by atoms with Gasteiger partial charge in [-0.15, -0.1) is 0 Å². The van der Waals surface area contributed by atoms with Gasteiger partial charge in [-0.3, -0.25) is 0 Å². The first-order chi connectivity index (χ1) is 28.3. The Hall–Kier alpha value is -5.46. The van der Waals surface area contributed by atoms with Crippen LogP contribution in [-0.4, -0.2) is 14.5 Å². The van der Waals surface area contributed by atoms with Crippen LogP contribution in [0.3, 0.4) is 0 Å². The molecule has 4 aliphatic carbocycles. The standard InChI is InChI=1S/C56H42Se/c1-2-13-35(14-3-1)52-39-15-4-6-17-41(39)53(42-18-7-5-16-40(42)52)36-25-26-50-49(32-36)47-23-12-24-48(56(47)57-50)54-43-19-8-10-21-45(43)55(46-22-11-9-20-44(46)54)51-37-28-33-27-34(30-37)31-38(51)29-33/h1-26,32-34,37-38,51H,27-31H2. The van der Waals surface area contributed by atoms with Gasteiger partial charge in [-0.1, -0.05) is 0 Å². The molecule has 4 aliphatic rings. The van der Waals surface area contributed by atoms with Gasteiger partial charge in [0.1, 0.15) is 0 Å². The first-order valence-corrected chi connectivity index (χ1v) is 22.9. The van der Waals surface area contributed by atoms with Crippen molar-refractivity contribution in [1.29, 1.82) is 0 Å². The summed E-state index contributed by atoms with van der Waals surface area (Å²) in [5, 5.41) is 13.9. The molecule has 4 saturated carbocycles. The van der Waals surface area contributed by atoms with E-state index in [-0.39, 0.29) is 14.5 Å². The van der Waals surface area contributed by atoms with Crippen molar-refractivity contribution in [3.05, 3.63) is 169 Å². The van der Waals surface area contributed by atoms with Gasteiger partial charge in [0.2, 0.25) is 0 Å². The summed E-state index contributed by atoms with van der Waals surface area (Å²) in [5.74, 6) is 4.32. The van der Waals surface area contributed by atoms with E-state index in [1.165, 1.54) is 128 Å². The third kappa shape index (κ3) is 4.80. The Morgan fingerprint density at radius 2 is 0.825 bits per heavy atom. The molecule has 0 radical (unpaired) electrons. The van der Waals surface area contributed by atoms with Gasteiger partial charge in [0.15, 0.2) is 0 Å². The van der Waals surface area contributed by atoms with Crippen LogP contribution >= 0.6 is 0 Å². The Bertz CT molecular complexity index is 3110. The second-order valence-electron chi connectivity index (χ2n) is 17.5. The molecular weight excluding hydrogens is 752 g/mol. The Morgan fingerprint density at radius 3 is 1.39 bits per heavy atom. The number of rotatable bonds is 4. The van der Waals surface area contributed by atoms with E-state index in [1.54, 1.807) is 5.56 Å². The molecular formula is C56H42Se. The molecule has 4 fully saturated rings. The van der Waals surface area contributed by atoms with Crippen molar-refractivity contribution in [1.82, 2.24) is 0 Å². The Balaban J connectivity index is 1.04. The van der Waals surface area contributed by atoms with Gasteiger partial charge in [0.05, 0.1) is 0 Å². The predicted molar refractivity (Wildman–Crippen MR) is 245 cm³/mol. The van der Waals surface area contributed by atoms with Crippen molar-refractivity contribution < 1.29 is 0 Å². The van der Waals surface area contributed by atoms with E-state index in [0.29, 0.717) is 5.92 Å². The van der Waals surface area contributed by atoms with Crippen LogP contribution < -0.4 is 0 Å². The zero-order valence-electron chi connectivity index (χ0n) is 31.9. The maximum absolute atomic E-state index is 2.52. The molecule has 0 saturated heterocycles. The fourth-order valence-electron chi connectivity index (χ4n) is 12.7. The monoisotopic (exact) mass is 794 g/mol. The fourth-order valence-corrected chi connectivity index (χ4v) is 15.2. The van der Waals surface area contributed by atoms with Crippen LogP contribution in [0.25, 0.3) is 95.8 Å². The maximum atomic E-state index is 2.52. The fraction of sp³-hybridized carbons (Fsp3) is 0.179. The molecule has 0 unspecified atom stereocenters. The van der Waals surface area contributed by atoms with Crippen LogP contribution in [0.5, 0.6) is 0 Å². The summed E-state index contributed by atoms with van der Waals surface area (Å²) in [6.45, 7) is 0. The van der Waals surface area contributed by atoms with Gasteiger partial charge < -0.3 is 0 Å². The van der Waals surface area contributed by atoms with E-state index >= 15 is 0 Å². The molecule has 1 heteroatoms. The first-order valence-electron chi connectivity index (χ1n) is 21.1. The number of benzene rings is 9. The molecule has 1 heterocycles. The van der Waals surface area contributed by atoms with E-state index in [0.717, 1.165) is 23.7 Å². The zero-order valence-corrected chi connectivity index (χ0v) is 33.6. The third-order valence-corrected chi connectivity index (χ3v) is 17.1. The minimum atomic E-state index is 0.198. The van der Waals surface area contributed by atoms with Gasteiger partial charge in [-0.25, -0.2) is 0 Å². The molecule has 0 aliphatic heterocycles. The average molecular weight is 794 g/mol. The second-order valence-corrected chi connectivity index (χ2v) is 19.7. The quantitative estimate of drug-likeness (QED) is 0.123. The molecule has 57 heavy (non-hydrogen) atoms. The van der Waals surface area contributed by atoms with Crippen molar-refractivity contribution >= 4 is 76.9 Å². The molecule has 0 N–H and O–H groups in total. The van der Waals surface area contributed by atoms with Gasteiger partial charge in [0.25, 0.3) is 0 Å². The van der Waals surface area contributed by atoms with E-state index in [4.69, 9.17) is 0 Å². The molecule has 0 nitrogen and oxygen atoms in total. The summed E-state index contributed by atoms with van der Waals surface area (Å²) in [6.07, 6.45) is 7.28. The van der Waals surface area contributed by atoms with Gasteiger partial charge >= 0.3 is 341 Å². The third-order valence-electron chi connectivity index (χ3n) is 14.6. The minimum absolute atomic E-state index is 0.198. The van der Waals surface area contributed by atoms with Crippen LogP contribution in [0.15, 0.2) is 164 Å². The van der Waals surface area contributed by atoms with Crippen LogP contribution in [0, 0.1) is 23.7 Å². The van der Waals surface area contributed by atoms with Crippen molar-refractivity contribution in [3.8, 4) is 33.4 Å². The average Bonchev–Trinajstić information content (AvgIpc) is 3.63. The Labute approximate surface area is 339 Å². The van der Waals surface area contributed by atoms with Crippen molar-refractivity contribution in [2.75, 3.05) is 0 Å². The molecule has 10 aromatic rings. The summed E-state index contributed by atoms with van der Waals surface area (Å²) >= 11 is 0.198. The van der Waals surface area contributed by atoms with E-state index in [1.807, 2.05) is 0 Å². The molecule has 4 bridgehead atoms. The van der Waals surface area contributed by atoms with Gasteiger partial charge in [0, 0.05) is 0 Å². The van der Waals surface area contributed by atoms with Crippen LogP contribution in [-0.2, 0) is 0 Å². The summed E-state index contributed by atoms with van der Waals surface area (Å²) in [6, 6.07) is 62.6. The summed E-state index contributed by atoms with van der Waals surface area (Å²) < 4.78 is 3.02. The molecule has 0 spiro atoms. The van der Waals surface area contributed by atoms with E-state index in [9.17, 15) is 0 Å². The molecule has 9 aromatic carbocycles. The molecule has 14 rings (SSSR count). The van der Waals surface area contributed by atoms with Crippen LogP contribution in [0.2, 0.25) is 0 Å². The second kappa shape index (κ2) is 12.5. The van der Waals surface area contributed by atoms with Crippen LogP contribution in [0.1, 0.15) is 43.6 Å². The van der Waals surface area contributed by atoms with E-state index in [2.05, 4.69) is 164 Å². The van der Waals surface area contributed by atoms with Crippen LogP contribution in [0.4, 0.5) is 0 Å². The molecule has 1 aromatic heterocycles. The van der Waals surface area contributed by atoms with Crippen molar-refractivity contribution in [2.45, 2.75) is 38.0 Å². The van der Waals surface area contributed by atoms with Crippen molar-refractivity contribution in [3.63, 3.8) is 0 Å². The van der Waals surface area contributed by atoms with E-state index < -0.39 is 0 Å². The Morgan fingerprint density at radius 1 is 0.351 bits per heavy atom. The predicted octanol–water partition coefficient (Wildman–Crippen LogP) is 15.2. The molecule has 0 atom stereocenters. The molecule has 272 valence electrons. The molecule has 0 amide bonds. The van der Waals surface area contributed by atoms with Gasteiger partial charge in [-0.05, 0) is 0 Å². The Kier molecular flexibility index (Phi) is 7.16. The number of hydrogen-bond acceptors (Lipinski definition) is 0. The summed E-state index contributed by atoms with van der Waals surface area (Å²) in [5.41, 5.74) is 9.75. The number of hydrogen-bond donors (Lipinski definition) is 0. The summed E-state index contributed by atoms with van der Waals surface area (Å²) in [4.78, 5) is 0. The zero-order chi connectivity index (χ0) is 37.2. The SMILES string of the molecule is c1ccc(-c2c3ccccc3c(-c3ccc4[se]c5c(-c6c7ccccc7c(C7C8CC9CC(C8)CC7C9)c7ccccc67)cccc5c4c3)c3ccccc23)cc1. The van der Waals surface area contributed by atoms with Crippen molar-refractivity contribution in [2.24, 2.45) is 23.7 Å². The first kappa shape index (κ1) is 32.6. The topological polar surface area (TPSA) is 0 Å². The van der Waals surface area contributed by atoms with Gasteiger partial charge in [-0.2, -0.15) is 0 Å². The summed E-state index contributed by atoms with van der Waals surface area (Å²) in [7, 11) is 0. The normalized spacial score (nSPS) is 21.5.